The predicted molar refractivity (Wildman–Crippen MR) is 94.3 cm³/mol. The summed E-state index contributed by atoms with van der Waals surface area (Å²) in [6.45, 7) is 7.89. The molecular formula is C19H26FN3O3. The highest BCUT2D eigenvalue weighted by Crippen LogP contribution is 2.52. The Hall–Kier alpha value is -2.05. The SMILES string of the molecule is CC.COC(=O)N1CC[C@H](c2nc3c4n2C(C)COC=4C2CC2C=3F)C1. The molecule has 1 amide bonds. The minimum absolute atomic E-state index is 0.0350. The van der Waals surface area contributed by atoms with Crippen LogP contribution in [0.15, 0.2) is 0 Å². The second-order valence-corrected chi connectivity index (χ2v) is 7.26. The van der Waals surface area contributed by atoms with Crippen LogP contribution in [0.4, 0.5) is 9.18 Å². The second-order valence-electron chi connectivity index (χ2n) is 7.26. The fourth-order valence-electron chi connectivity index (χ4n) is 4.43. The lowest BCUT2D eigenvalue weighted by Crippen LogP contribution is -2.43. The number of hydrogen-bond donors (Lipinski definition) is 0. The Kier molecular flexibility index (Phi) is 4.20. The first-order valence-electron chi connectivity index (χ1n) is 9.57. The number of hydrogen-bond acceptors (Lipinski definition) is 4. The molecule has 7 heteroatoms. The maximum absolute atomic E-state index is 14.7. The van der Waals surface area contributed by atoms with Crippen LogP contribution in [-0.2, 0) is 9.47 Å². The summed E-state index contributed by atoms with van der Waals surface area (Å²) in [6, 6.07) is 0.121. The Morgan fingerprint density at radius 3 is 2.85 bits per heavy atom. The molecule has 1 aromatic rings. The quantitative estimate of drug-likeness (QED) is 0.765. The van der Waals surface area contributed by atoms with Gasteiger partial charge in [-0.1, -0.05) is 13.8 Å². The van der Waals surface area contributed by atoms with Crippen LogP contribution in [0.2, 0.25) is 0 Å². The smallest absolute Gasteiger partial charge is 0.409 e. The van der Waals surface area contributed by atoms with Crippen LogP contribution in [0.5, 0.6) is 0 Å². The van der Waals surface area contributed by atoms with Crippen LogP contribution >= 0.6 is 0 Å². The monoisotopic (exact) mass is 363 g/mol. The molecule has 3 unspecified atom stereocenters. The van der Waals surface area contributed by atoms with Gasteiger partial charge in [0.05, 0.1) is 13.2 Å². The van der Waals surface area contributed by atoms with Crippen molar-refractivity contribution >= 4 is 17.7 Å². The number of halogens is 1. The summed E-state index contributed by atoms with van der Waals surface area (Å²) in [5.41, 5.74) is 0. The van der Waals surface area contributed by atoms with Gasteiger partial charge in [0, 0.05) is 30.8 Å². The molecule has 1 aromatic heterocycles. The minimum atomic E-state index is -0.310. The maximum Gasteiger partial charge on any atom is 0.409 e. The third-order valence-electron chi connectivity index (χ3n) is 5.76. The molecule has 5 rings (SSSR count). The van der Waals surface area contributed by atoms with Crippen molar-refractivity contribution in [3.63, 3.8) is 0 Å². The lowest BCUT2D eigenvalue weighted by Gasteiger charge is -2.26. The van der Waals surface area contributed by atoms with E-state index in [4.69, 9.17) is 14.5 Å². The van der Waals surface area contributed by atoms with Gasteiger partial charge in [0.25, 0.3) is 0 Å². The van der Waals surface area contributed by atoms with Crippen molar-refractivity contribution in [2.45, 2.75) is 45.6 Å². The molecule has 6 nitrogen and oxygen atoms in total. The number of carbonyl (C=O) groups excluding carboxylic acids is 1. The van der Waals surface area contributed by atoms with Gasteiger partial charge in [-0.15, -0.1) is 0 Å². The van der Waals surface area contributed by atoms with Crippen molar-refractivity contribution in [3.05, 3.63) is 16.5 Å². The van der Waals surface area contributed by atoms with Gasteiger partial charge in [0.2, 0.25) is 0 Å². The molecule has 142 valence electrons. The first kappa shape index (κ1) is 17.4. The Bertz CT molecular complexity index is 862. The van der Waals surface area contributed by atoms with E-state index in [9.17, 15) is 9.18 Å². The lowest BCUT2D eigenvalue weighted by atomic mass is 10.1. The third-order valence-corrected chi connectivity index (χ3v) is 5.76. The van der Waals surface area contributed by atoms with Gasteiger partial charge in [-0.05, 0) is 19.8 Å². The van der Waals surface area contributed by atoms with Gasteiger partial charge in [0.1, 0.15) is 34.7 Å². The summed E-state index contributed by atoms with van der Waals surface area (Å²) in [5.74, 6) is 2.00. The van der Waals surface area contributed by atoms with Gasteiger partial charge in [-0.3, -0.25) is 0 Å². The average molecular weight is 363 g/mol. The lowest BCUT2D eigenvalue weighted by molar-refractivity contribution is 0.132. The van der Waals surface area contributed by atoms with Gasteiger partial charge in [0.15, 0.2) is 0 Å². The van der Waals surface area contributed by atoms with E-state index in [1.165, 1.54) is 7.11 Å². The van der Waals surface area contributed by atoms with Crippen LogP contribution in [-0.4, -0.2) is 47.4 Å². The maximum atomic E-state index is 14.7. The number of carbonyl (C=O) groups is 1. The standard InChI is InChI=1S/C17H20FN3O3.C2H6/c1-8-7-24-15-11-5-10(11)12(18)13-14(15)21(8)16(19-13)9-3-4-20(6-9)17(22)23-2;1-2/h8-11H,3-7H2,1-2H3;1-2H3/t8?,9-,10?,11?;/m0./s1. The zero-order chi connectivity index (χ0) is 18.6. The molecule has 1 saturated heterocycles. The van der Waals surface area contributed by atoms with Gasteiger partial charge >= 0.3 is 6.09 Å². The predicted octanol–water partition coefficient (Wildman–Crippen LogP) is 1.89. The van der Waals surface area contributed by atoms with Crippen molar-refractivity contribution in [1.82, 2.24) is 14.5 Å². The van der Waals surface area contributed by atoms with Crippen molar-refractivity contribution in [2.24, 2.45) is 11.8 Å². The van der Waals surface area contributed by atoms with E-state index >= 15 is 0 Å². The van der Waals surface area contributed by atoms with Crippen LogP contribution in [0.1, 0.15) is 51.4 Å². The molecule has 0 N–H and O–H groups in total. The highest BCUT2D eigenvalue weighted by atomic mass is 19.1. The number of aromatic nitrogens is 2. The number of fused-ring (bicyclic) bond motifs is 2. The van der Waals surface area contributed by atoms with Crippen molar-refractivity contribution in [1.29, 1.82) is 0 Å². The number of ether oxygens (including phenoxy) is 2. The number of methoxy groups -OCH3 is 1. The van der Waals surface area contributed by atoms with E-state index in [0.717, 1.165) is 29.8 Å². The van der Waals surface area contributed by atoms with E-state index < -0.39 is 0 Å². The molecule has 1 saturated carbocycles. The second kappa shape index (κ2) is 6.28. The zero-order valence-corrected chi connectivity index (χ0v) is 15.8. The Labute approximate surface area is 152 Å². The number of likely N-dealkylation sites (tertiary alicyclic amines) is 1. The molecule has 0 spiro atoms. The Morgan fingerprint density at radius 1 is 1.35 bits per heavy atom. The average Bonchev–Trinajstić information content (AvgIpc) is 3.14. The van der Waals surface area contributed by atoms with Crippen LogP contribution in [0.3, 0.4) is 0 Å². The van der Waals surface area contributed by atoms with Crippen LogP contribution < -0.4 is 10.7 Å². The fraction of sp³-hybridized carbons (Fsp3) is 0.684. The third kappa shape index (κ3) is 2.36. The molecule has 0 radical (unpaired) electrons. The Balaban J connectivity index is 0.000000814. The van der Waals surface area contributed by atoms with Gasteiger partial charge < -0.3 is 18.9 Å². The molecule has 4 aliphatic rings. The van der Waals surface area contributed by atoms with Crippen molar-refractivity contribution in [2.75, 3.05) is 26.8 Å². The van der Waals surface area contributed by atoms with Crippen molar-refractivity contribution in [3.8, 4) is 0 Å². The molecule has 26 heavy (non-hydrogen) atoms. The van der Waals surface area contributed by atoms with Crippen LogP contribution in [0, 0.1) is 11.8 Å². The highest BCUT2D eigenvalue weighted by molar-refractivity contribution is 5.68. The summed E-state index contributed by atoms with van der Waals surface area (Å²) in [7, 11) is 1.39. The molecule has 2 aliphatic heterocycles. The van der Waals surface area contributed by atoms with Gasteiger partial charge in [-0.25, -0.2) is 14.2 Å². The Morgan fingerprint density at radius 2 is 2.12 bits per heavy atom. The normalized spacial score (nSPS) is 30.7. The van der Waals surface area contributed by atoms with Crippen molar-refractivity contribution < 1.29 is 18.7 Å². The molecule has 4 atom stereocenters. The number of imidazole rings is 1. The number of nitrogens with zero attached hydrogens (tertiary/aromatic N) is 3. The highest BCUT2D eigenvalue weighted by Gasteiger charge is 2.50. The van der Waals surface area contributed by atoms with Gasteiger partial charge in [-0.2, -0.15) is 0 Å². The summed E-state index contributed by atoms with van der Waals surface area (Å²) in [5, 5.41) is 1.32. The molecule has 0 aromatic carbocycles. The van der Waals surface area contributed by atoms with E-state index in [2.05, 4.69) is 11.5 Å². The summed E-state index contributed by atoms with van der Waals surface area (Å²) in [4.78, 5) is 18.1. The molecule has 2 aliphatic carbocycles. The summed E-state index contributed by atoms with van der Waals surface area (Å²) < 4.78 is 27.6. The molecule has 3 heterocycles. The van der Waals surface area contributed by atoms with E-state index in [1.807, 2.05) is 13.8 Å². The van der Waals surface area contributed by atoms with Crippen LogP contribution in [0.25, 0.3) is 11.6 Å². The number of amides is 1. The summed E-state index contributed by atoms with van der Waals surface area (Å²) >= 11 is 0. The first-order chi connectivity index (χ1) is 12.6. The first-order valence-corrected chi connectivity index (χ1v) is 9.57. The zero-order valence-electron chi connectivity index (χ0n) is 15.8. The largest absolute Gasteiger partial charge is 0.493 e. The van der Waals surface area contributed by atoms with E-state index in [0.29, 0.717) is 25.0 Å². The van der Waals surface area contributed by atoms with E-state index in [1.54, 1.807) is 4.90 Å². The molecular weight excluding hydrogens is 337 g/mol. The number of rotatable bonds is 1. The van der Waals surface area contributed by atoms with E-state index in [-0.39, 0.29) is 35.7 Å². The topological polar surface area (TPSA) is 56.6 Å². The minimum Gasteiger partial charge on any atom is -0.493 e. The molecule has 2 fully saturated rings. The molecule has 0 bridgehead atoms. The summed E-state index contributed by atoms with van der Waals surface area (Å²) in [6.07, 6.45) is 1.35. The fourth-order valence-corrected chi connectivity index (χ4v) is 4.43.